The molecule has 0 bridgehead atoms. The highest BCUT2D eigenvalue weighted by atomic mass is 16.1. The third kappa shape index (κ3) is 5.70. The van der Waals surface area contributed by atoms with Crippen LogP contribution >= 0.6 is 0 Å². The van der Waals surface area contributed by atoms with E-state index in [1.807, 2.05) is 0 Å². The first kappa shape index (κ1) is 10.9. The monoisotopic (exact) mass is 170 g/mol. The molecule has 0 unspecified atom stereocenters. The molecule has 0 aromatic heterocycles. The lowest BCUT2D eigenvalue weighted by atomic mass is 10.1. The predicted octanol–water partition coefficient (Wildman–Crippen LogP) is 1.25. The van der Waals surface area contributed by atoms with Crippen molar-refractivity contribution in [3.05, 3.63) is 10.4 Å². The molecule has 0 rings (SSSR count). The summed E-state index contributed by atoms with van der Waals surface area (Å²) in [7, 11) is 1.76. The van der Waals surface area contributed by atoms with E-state index in [0.717, 1.165) is 25.5 Å². The number of rotatable bonds is 7. The molecule has 0 radical (unpaired) electrons. The number of nitrogens with zero attached hydrogens (tertiary/aromatic N) is 3. The number of unbranched alkanes of at least 4 members (excludes halogenated alkanes) is 1. The fourth-order valence-electron chi connectivity index (χ4n) is 0.872. The van der Waals surface area contributed by atoms with Crippen LogP contribution in [0.2, 0.25) is 0 Å². The first-order chi connectivity index (χ1) is 5.85. The molecule has 0 aliphatic carbocycles. The van der Waals surface area contributed by atoms with Crippen LogP contribution in [-0.4, -0.2) is 25.9 Å². The number of azide groups is 1. The van der Waals surface area contributed by atoms with Crippen molar-refractivity contribution in [3.8, 4) is 0 Å². The highest BCUT2D eigenvalue weighted by Crippen LogP contribution is 1.98. The second kappa shape index (κ2) is 8.04. The average molecular weight is 170 g/mol. The number of hydrogen-bond donors (Lipinski definition) is 1. The van der Waals surface area contributed by atoms with Gasteiger partial charge in [-0.2, -0.15) is 0 Å². The Labute approximate surface area is 71.8 Å². The zero-order chi connectivity index (χ0) is 9.23. The molecule has 0 aromatic rings. The summed E-state index contributed by atoms with van der Waals surface area (Å²) in [6, 6.07) is -0.0592. The highest BCUT2D eigenvalue weighted by molar-refractivity contribution is 5.57. The molecule has 0 amide bonds. The Bertz CT molecular complexity index is 165. The second-order valence-electron chi connectivity index (χ2n) is 2.48. The van der Waals surface area contributed by atoms with Crippen LogP contribution in [0, 0.1) is 0 Å². The molecule has 5 heteroatoms. The van der Waals surface area contributed by atoms with Gasteiger partial charge in [0.05, 0.1) is 6.04 Å². The minimum Gasteiger partial charge on any atom is -0.311 e. The Hall–Kier alpha value is -1.06. The van der Waals surface area contributed by atoms with E-state index in [1.165, 1.54) is 0 Å². The van der Waals surface area contributed by atoms with Crippen LogP contribution in [-0.2, 0) is 4.79 Å². The number of aldehydes is 1. The third-order valence-electron chi connectivity index (χ3n) is 1.62. The van der Waals surface area contributed by atoms with E-state index in [4.69, 9.17) is 5.53 Å². The number of carbonyl (C=O) groups is 1. The van der Waals surface area contributed by atoms with Gasteiger partial charge in [0, 0.05) is 11.5 Å². The van der Waals surface area contributed by atoms with Gasteiger partial charge in [-0.15, -0.1) is 0 Å². The van der Waals surface area contributed by atoms with Crippen molar-refractivity contribution in [2.45, 2.75) is 25.3 Å². The van der Waals surface area contributed by atoms with Gasteiger partial charge in [0.25, 0.3) is 0 Å². The van der Waals surface area contributed by atoms with Crippen molar-refractivity contribution in [1.29, 1.82) is 0 Å². The molecular weight excluding hydrogens is 156 g/mol. The highest BCUT2D eigenvalue weighted by Gasteiger charge is 2.01. The fourth-order valence-corrected chi connectivity index (χ4v) is 0.872. The van der Waals surface area contributed by atoms with Crippen LogP contribution in [0.4, 0.5) is 0 Å². The number of likely N-dealkylation sites (N-methyl/N-ethyl adjacent to an activating group) is 1. The van der Waals surface area contributed by atoms with Crippen molar-refractivity contribution in [2.24, 2.45) is 5.11 Å². The van der Waals surface area contributed by atoms with Crippen molar-refractivity contribution >= 4 is 6.29 Å². The summed E-state index contributed by atoms with van der Waals surface area (Å²) in [6.07, 6.45) is 3.45. The molecule has 0 aliphatic heterocycles. The molecule has 0 spiro atoms. The van der Waals surface area contributed by atoms with Crippen LogP contribution in [0.25, 0.3) is 10.4 Å². The van der Waals surface area contributed by atoms with E-state index in [1.54, 1.807) is 7.05 Å². The summed E-state index contributed by atoms with van der Waals surface area (Å²) in [4.78, 5) is 12.9. The Morgan fingerprint density at radius 2 is 2.42 bits per heavy atom. The molecular formula is C7H14N4O. The van der Waals surface area contributed by atoms with E-state index < -0.39 is 0 Å². The zero-order valence-electron chi connectivity index (χ0n) is 7.23. The van der Waals surface area contributed by atoms with E-state index in [2.05, 4.69) is 15.3 Å². The van der Waals surface area contributed by atoms with Crippen LogP contribution in [0.15, 0.2) is 5.11 Å². The van der Waals surface area contributed by atoms with Crippen molar-refractivity contribution in [3.63, 3.8) is 0 Å². The molecule has 1 atom stereocenters. The van der Waals surface area contributed by atoms with Crippen LogP contribution in [0.5, 0.6) is 0 Å². The molecule has 0 saturated heterocycles. The lowest BCUT2D eigenvalue weighted by Gasteiger charge is -2.06. The summed E-state index contributed by atoms with van der Waals surface area (Å²) in [5.41, 5.74) is 7.96. The Morgan fingerprint density at radius 3 is 2.92 bits per heavy atom. The van der Waals surface area contributed by atoms with Crippen LogP contribution < -0.4 is 5.32 Å². The number of hydrogen-bond acceptors (Lipinski definition) is 3. The van der Waals surface area contributed by atoms with Gasteiger partial charge in [-0.05, 0) is 25.4 Å². The lowest BCUT2D eigenvalue weighted by Crippen LogP contribution is -2.26. The van der Waals surface area contributed by atoms with Gasteiger partial charge >= 0.3 is 0 Å². The largest absolute Gasteiger partial charge is 0.311 e. The molecule has 68 valence electrons. The third-order valence-corrected chi connectivity index (χ3v) is 1.62. The van der Waals surface area contributed by atoms with Crippen molar-refractivity contribution < 1.29 is 4.79 Å². The maximum Gasteiger partial charge on any atom is 0.136 e. The standard InChI is InChI=1S/C7H14N4O/c1-9-7(6-12)4-2-3-5-10-11-8/h6-7,9H,2-5H2,1H3/t7-/m1/s1. The van der Waals surface area contributed by atoms with Crippen LogP contribution in [0.3, 0.4) is 0 Å². The minimum absolute atomic E-state index is 0.0592. The van der Waals surface area contributed by atoms with Gasteiger partial charge in [-0.3, -0.25) is 0 Å². The number of nitrogens with one attached hydrogen (secondary N) is 1. The molecule has 0 fully saturated rings. The minimum atomic E-state index is -0.0592. The summed E-state index contributed by atoms with van der Waals surface area (Å²) in [6.45, 7) is 0.520. The Balaban J connectivity index is 3.28. The normalized spacial score (nSPS) is 11.8. The smallest absolute Gasteiger partial charge is 0.136 e. The molecule has 12 heavy (non-hydrogen) atoms. The predicted molar refractivity (Wildman–Crippen MR) is 46.8 cm³/mol. The maximum atomic E-state index is 10.3. The van der Waals surface area contributed by atoms with Gasteiger partial charge in [-0.1, -0.05) is 11.5 Å². The average Bonchev–Trinajstić information content (AvgIpc) is 2.11. The first-order valence-corrected chi connectivity index (χ1v) is 3.98. The molecule has 1 N–H and O–H groups in total. The Morgan fingerprint density at radius 1 is 1.67 bits per heavy atom. The van der Waals surface area contributed by atoms with E-state index in [9.17, 15) is 4.79 Å². The zero-order valence-corrected chi connectivity index (χ0v) is 7.23. The summed E-state index contributed by atoms with van der Waals surface area (Å²) in [5, 5.41) is 6.26. The van der Waals surface area contributed by atoms with Gasteiger partial charge in [0.1, 0.15) is 6.29 Å². The molecule has 0 aliphatic rings. The lowest BCUT2D eigenvalue weighted by molar-refractivity contribution is -0.109. The summed E-state index contributed by atoms with van der Waals surface area (Å²) >= 11 is 0. The summed E-state index contributed by atoms with van der Waals surface area (Å²) < 4.78 is 0. The fraction of sp³-hybridized carbons (Fsp3) is 0.857. The van der Waals surface area contributed by atoms with Gasteiger partial charge < -0.3 is 10.1 Å². The second-order valence-corrected chi connectivity index (χ2v) is 2.48. The van der Waals surface area contributed by atoms with E-state index in [-0.39, 0.29) is 6.04 Å². The van der Waals surface area contributed by atoms with Gasteiger partial charge in [0.2, 0.25) is 0 Å². The molecule has 0 heterocycles. The molecule has 0 aromatic carbocycles. The van der Waals surface area contributed by atoms with E-state index in [0.29, 0.717) is 6.54 Å². The van der Waals surface area contributed by atoms with Gasteiger partial charge in [0.15, 0.2) is 0 Å². The van der Waals surface area contributed by atoms with Crippen molar-refractivity contribution in [1.82, 2.24) is 5.32 Å². The summed E-state index contributed by atoms with van der Waals surface area (Å²) in [5.74, 6) is 0. The van der Waals surface area contributed by atoms with Gasteiger partial charge in [-0.25, -0.2) is 0 Å². The first-order valence-electron chi connectivity index (χ1n) is 3.98. The van der Waals surface area contributed by atoms with E-state index >= 15 is 0 Å². The van der Waals surface area contributed by atoms with Crippen LogP contribution in [0.1, 0.15) is 19.3 Å². The SMILES string of the molecule is CN[C@@H](C=O)CCCCN=[N+]=[N-]. The number of carbonyl (C=O) groups excluding carboxylic acids is 1. The quantitative estimate of drug-likeness (QED) is 0.205. The molecule has 0 saturated carbocycles. The molecule has 5 nitrogen and oxygen atoms in total. The van der Waals surface area contributed by atoms with Crippen molar-refractivity contribution in [2.75, 3.05) is 13.6 Å². The topological polar surface area (TPSA) is 77.9 Å². The Kier molecular flexibility index (Phi) is 7.33. The maximum absolute atomic E-state index is 10.3.